The normalized spacial score (nSPS) is 21.0. The number of urea groups is 1. The number of carbonyl (C=O) groups excluding carboxylic acids is 1. The van der Waals surface area contributed by atoms with Gasteiger partial charge in [-0.25, -0.2) is 4.79 Å². The first-order chi connectivity index (χ1) is 12.1. The number of likely N-dealkylation sites (tertiary alicyclic amines) is 1. The highest BCUT2D eigenvalue weighted by Gasteiger charge is 2.25. The zero-order chi connectivity index (χ0) is 17.6. The maximum absolute atomic E-state index is 12.5. The second-order valence-electron chi connectivity index (χ2n) is 7.67. The lowest BCUT2D eigenvalue weighted by Crippen LogP contribution is -2.54. The summed E-state index contributed by atoms with van der Waals surface area (Å²) in [7, 11) is 0. The first kappa shape index (κ1) is 18.2. The maximum atomic E-state index is 12.5. The molecule has 0 spiro atoms. The molecule has 7 heteroatoms. The number of nitrogens with one attached hydrogen (secondary N) is 1. The van der Waals surface area contributed by atoms with E-state index in [2.05, 4.69) is 34.1 Å². The van der Waals surface area contributed by atoms with Gasteiger partial charge in [-0.1, -0.05) is 19.0 Å². The molecule has 1 aromatic heterocycles. The zero-order valence-corrected chi connectivity index (χ0v) is 15.5. The van der Waals surface area contributed by atoms with Crippen molar-refractivity contribution >= 4 is 6.03 Å². The molecule has 0 atom stereocenters. The molecule has 2 fully saturated rings. The van der Waals surface area contributed by atoms with Crippen molar-refractivity contribution in [2.24, 2.45) is 5.92 Å². The Morgan fingerprint density at radius 3 is 2.52 bits per heavy atom. The highest BCUT2D eigenvalue weighted by Crippen LogP contribution is 2.13. The van der Waals surface area contributed by atoms with Crippen molar-refractivity contribution in [1.29, 1.82) is 0 Å². The number of nitrogens with zero attached hydrogens (tertiary/aromatic N) is 4. The summed E-state index contributed by atoms with van der Waals surface area (Å²) in [5.41, 5.74) is 0.950. The van der Waals surface area contributed by atoms with Crippen LogP contribution in [0.15, 0.2) is 16.9 Å². The summed E-state index contributed by atoms with van der Waals surface area (Å²) < 4.78 is 4.87. The third-order valence-electron chi connectivity index (χ3n) is 5.07. The molecule has 25 heavy (non-hydrogen) atoms. The van der Waals surface area contributed by atoms with Gasteiger partial charge in [0.15, 0.2) is 0 Å². The highest BCUT2D eigenvalue weighted by molar-refractivity contribution is 5.74. The number of hydrogen-bond donors (Lipinski definition) is 1. The molecule has 2 amide bonds. The van der Waals surface area contributed by atoms with E-state index in [9.17, 15) is 4.79 Å². The van der Waals surface area contributed by atoms with Crippen molar-refractivity contribution in [3.8, 4) is 0 Å². The fraction of sp³-hybridized carbons (Fsp3) is 0.778. The molecule has 1 N–H and O–H groups in total. The minimum Gasteiger partial charge on any atom is -0.364 e. The lowest BCUT2D eigenvalue weighted by molar-refractivity contribution is 0.125. The van der Waals surface area contributed by atoms with Gasteiger partial charge in [0.1, 0.15) is 6.26 Å². The molecule has 2 aliphatic heterocycles. The van der Waals surface area contributed by atoms with Crippen LogP contribution >= 0.6 is 0 Å². The van der Waals surface area contributed by atoms with Crippen LogP contribution in [0.25, 0.3) is 0 Å². The summed E-state index contributed by atoms with van der Waals surface area (Å²) in [5, 5.41) is 7.19. The predicted molar refractivity (Wildman–Crippen MR) is 96.2 cm³/mol. The number of carbonyl (C=O) groups is 1. The third-order valence-corrected chi connectivity index (χ3v) is 5.07. The quantitative estimate of drug-likeness (QED) is 0.875. The zero-order valence-electron chi connectivity index (χ0n) is 15.5. The molecule has 0 aliphatic carbocycles. The molecule has 0 unspecified atom stereocenters. The van der Waals surface area contributed by atoms with Crippen molar-refractivity contribution in [3.63, 3.8) is 0 Å². The van der Waals surface area contributed by atoms with Crippen molar-refractivity contribution < 1.29 is 9.32 Å². The molecule has 2 aliphatic rings. The number of piperazine rings is 1. The van der Waals surface area contributed by atoms with Gasteiger partial charge in [0, 0.05) is 64.5 Å². The average Bonchev–Trinajstić information content (AvgIpc) is 3.10. The molecule has 0 radical (unpaired) electrons. The molecule has 0 saturated carbocycles. The Labute approximate surface area is 150 Å². The van der Waals surface area contributed by atoms with Crippen LogP contribution in [0, 0.1) is 5.92 Å². The van der Waals surface area contributed by atoms with E-state index in [1.54, 1.807) is 6.26 Å². The Kier molecular flexibility index (Phi) is 6.31. The molecule has 3 rings (SSSR count). The van der Waals surface area contributed by atoms with Crippen LogP contribution in [0.1, 0.15) is 32.4 Å². The largest absolute Gasteiger partial charge is 0.364 e. The standard InChI is InChI=1S/C18H31N5O2/c1-15(2)13-21-6-3-16(4-7-21)19-18(24)23-10-8-22(9-11-23)14-17-5-12-25-20-17/h5,12,15-16H,3-4,6-11,13-14H2,1-2H3,(H,19,24). The van der Waals surface area contributed by atoms with Crippen molar-refractivity contribution in [3.05, 3.63) is 18.0 Å². The molecule has 3 heterocycles. The van der Waals surface area contributed by atoms with Gasteiger partial charge in [-0.2, -0.15) is 0 Å². The summed E-state index contributed by atoms with van der Waals surface area (Å²) in [6.07, 6.45) is 3.72. The average molecular weight is 349 g/mol. The Bertz CT molecular complexity index is 518. The van der Waals surface area contributed by atoms with E-state index in [1.807, 2.05) is 11.0 Å². The van der Waals surface area contributed by atoms with Gasteiger partial charge in [-0.05, 0) is 18.8 Å². The Morgan fingerprint density at radius 2 is 1.92 bits per heavy atom. The first-order valence-electron chi connectivity index (χ1n) is 9.49. The number of piperidine rings is 1. The van der Waals surface area contributed by atoms with Crippen molar-refractivity contribution in [1.82, 2.24) is 25.2 Å². The van der Waals surface area contributed by atoms with Crippen LogP contribution in [0.4, 0.5) is 4.79 Å². The van der Waals surface area contributed by atoms with Crippen LogP contribution in [0.2, 0.25) is 0 Å². The molecule has 0 bridgehead atoms. The van der Waals surface area contributed by atoms with E-state index < -0.39 is 0 Å². The van der Waals surface area contributed by atoms with E-state index in [-0.39, 0.29) is 6.03 Å². The van der Waals surface area contributed by atoms with Crippen LogP contribution in [0.5, 0.6) is 0 Å². The van der Waals surface area contributed by atoms with E-state index in [4.69, 9.17) is 4.52 Å². The third kappa shape index (κ3) is 5.44. The monoisotopic (exact) mass is 349 g/mol. The summed E-state index contributed by atoms with van der Waals surface area (Å²) in [5.74, 6) is 0.708. The van der Waals surface area contributed by atoms with Crippen molar-refractivity contribution in [2.45, 2.75) is 39.3 Å². The second kappa shape index (κ2) is 8.67. The molecule has 0 aromatic carbocycles. The summed E-state index contributed by atoms with van der Waals surface area (Å²) >= 11 is 0. The van der Waals surface area contributed by atoms with Crippen LogP contribution < -0.4 is 5.32 Å². The maximum Gasteiger partial charge on any atom is 0.317 e. The van der Waals surface area contributed by atoms with Crippen LogP contribution in [-0.4, -0.2) is 77.7 Å². The van der Waals surface area contributed by atoms with Gasteiger partial charge in [0.05, 0.1) is 5.69 Å². The van der Waals surface area contributed by atoms with Crippen molar-refractivity contribution in [2.75, 3.05) is 45.8 Å². The Balaban J connectivity index is 1.35. The van der Waals surface area contributed by atoms with Gasteiger partial charge in [-0.15, -0.1) is 0 Å². The summed E-state index contributed by atoms with van der Waals surface area (Å²) in [4.78, 5) is 19.3. The van der Waals surface area contributed by atoms with E-state index in [1.165, 1.54) is 0 Å². The molecule has 7 nitrogen and oxygen atoms in total. The van der Waals surface area contributed by atoms with E-state index in [0.29, 0.717) is 12.0 Å². The number of rotatable bonds is 5. The highest BCUT2D eigenvalue weighted by atomic mass is 16.5. The topological polar surface area (TPSA) is 64.9 Å². The van der Waals surface area contributed by atoms with Gasteiger partial charge in [0.2, 0.25) is 0 Å². The van der Waals surface area contributed by atoms with Gasteiger partial charge < -0.3 is 19.6 Å². The molecule has 1 aromatic rings. The van der Waals surface area contributed by atoms with Gasteiger partial charge >= 0.3 is 6.03 Å². The fourth-order valence-electron chi connectivity index (χ4n) is 3.70. The molecular formula is C18H31N5O2. The lowest BCUT2D eigenvalue weighted by Gasteiger charge is -2.37. The van der Waals surface area contributed by atoms with Gasteiger partial charge in [-0.3, -0.25) is 4.90 Å². The Hall–Kier alpha value is -1.60. The Morgan fingerprint density at radius 1 is 1.20 bits per heavy atom. The van der Waals surface area contributed by atoms with Crippen LogP contribution in [0.3, 0.4) is 0 Å². The second-order valence-corrected chi connectivity index (χ2v) is 7.67. The number of aromatic nitrogens is 1. The molecular weight excluding hydrogens is 318 g/mol. The van der Waals surface area contributed by atoms with E-state index in [0.717, 1.165) is 70.9 Å². The predicted octanol–water partition coefficient (Wildman–Crippen LogP) is 1.62. The molecule has 140 valence electrons. The SMILES string of the molecule is CC(C)CN1CCC(NC(=O)N2CCN(Cc3ccon3)CC2)CC1. The fourth-order valence-corrected chi connectivity index (χ4v) is 3.70. The lowest BCUT2D eigenvalue weighted by atomic mass is 10.0. The number of amides is 2. The van der Waals surface area contributed by atoms with Gasteiger partial charge in [0.25, 0.3) is 0 Å². The summed E-state index contributed by atoms with van der Waals surface area (Å²) in [6, 6.07) is 2.32. The van der Waals surface area contributed by atoms with E-state index >= 15 is 0 Å². The van der Waals surface area contributed by atoms with Crippen LogP contribution in [-0.2, 0) is 6.54 Å². The smallest absolute Gasteiger partial charge is 0.317 e. The minimum atomic E-state index is 0.100. The molecule has 2 saturated heterocycles. The minimum absolute atomic E-state index is 0.100. The number of hydrogen-bond acceptors (Lipinski definition) is 5. The first-order valence-corrected chi connectivity index (χ1v) is 9.49. The summed E-state index contributed by atoms with van der Waals surface area (Å²) in [6.45, 7) is 12.0.